The summed E-state index contributed by atoms with van der Waals surface area (Å²) in [5.74, 6) is 1.57. The maximum Gasteiger partial charge on any atom is 0.216 e. The summed E-state index contributed by atoms with van der Waals surface area (Å²) in [6.45, 7) is 0.315. The van der Waals surface area contributed by atoms with Crippen molar-refractivity contribution in [1.82, 2.24) is 25.1 Å². The SMILES string of the molecule is COc1cc(-c2n[nH]c(CN)n2)ncn1. The maximum absolute atomic E-state index is 5.41. The first kappa shape index (κ1) is 9.53. The number of aromatic nitrogens is 5. The van der Waals surface area contributed by atoms with Crippen molar-refractivity contribution in [2.75, 3.05) is 7.11 Å². The van der Waals surface area contributed by atoms with Crippen LogP contribution in [0.15, 0.2) is 12.4 Å². The molecule has 2 aromatic rings. The Bertz CT molecular complexity index is 454. The molecule has 0 atom stereocenters. The van der Waals surface area contributed by atoms with E-state index in [1.165, 1.54) is 13.4 Å². The van der Waals surface area contributed by atoms with Crippen LogP contribution in [-0.4, -0.2) is 32.3 Å². The first-order valence-corrected chi connectivity index (χ1v) is 4.31. The monoisotopic (exact) mass is 206 g/mol. The lowest BCUT2D eigenvalue weighted by Gasteiger charge is -1.98. The first-order valence-electron chi connectivity index (χ1n) is 4.31. The number of nitrogens with two attached hydrogens (primary N) is 1. The maximum atomic E-state index is 5.41. The second kappa shape index (κ2) is 4.01. The first-order chi connectivity index (χ1) is 7.33. The van der Waals surface area contributed by atoms with Gasteiger partial charge in [0.05, 0.1) is 13.7 Å². The molecule has 2 aromatic heterocycles. The van der Waals surface area contributed by atoms with E-state index in [0.717, 1.165) is 0 Å². The molecule has 0 spiro atoms. The highest BCUT2D eigenvalue weighted by molar-refractivity contribution is 5.49. The van der Waals surface area contributed by atoms with E-state index in [-0.39, 0.29) is 0 Å². The van der Waals surface area contributed by atoms with Gasteiger partial charge in [-0.1, -0.05) is 0 Å². The number of H-pyrrole nitrogens is 1. The van der Waals surface area contributed by atoms with Crippen molar-refractivity contribution >= 4 is 0 Å². The molecule has 0 radical (unpaired) electrons. The number of rotatable bonds is 3. The molecule has 0 bridgehead atoms. The third kappa shape index (κ3) is 1.91. The predicted octanol–water partition coefficient (Wildman–Crippen LogP) is -0.271. The molecule has 0 saturated carbocycles. The lowest BCUT2D eigenvalue weighted by Crippen LogP contribution is -1.98. The van der Waals surface area contributed by atoms with Gasteiger partial charge in [0.15, 0.2) is 5.82 Å². The van der Waals surface area contributed by atoms with E-state index >= 15 is 0 Å². The summed E-state index contributed by atoms with van der Waals surface area (Å²) in [6.07, 6.45) is 1.40. The van der Waals surface area contributed by atoms with Crippen molar-refractivity contribution in [3.05, 3.63) is 18.2 Å². The van der Waals surface area contributed by atoms with Crippen LogP contribution < -0.4 is 10.5 Å². The van der Waals surface area contributed by atoms with Gasteiger partial charge in [0, 0.05) is 6.07 Å². The van der Waals surface area contributed by atoms with Crippen LogP contribution in [0.3, 0.4) is 0 Å². The van der Waals surface area contributed by atoms with Crippen LogP contribution in [0.2, 0.25) is 0 Å². The summed E-state index contributed by atoms with van der Waals surface area (Å²) in [5, 5.41) is 6.67. The Morgan fingerprint density at radius 2 is 2.33 bits per heavy atom. The molecule has 7 heteroatoms. The Balaban J connectivity index is 2.35. The molecule has 2 rings (SSSR count). The van der Waals surface area contributed by atoms with Crippen LogP contribution in [0.25, 0.3) is 11.5 Å². The van der Waals surface area contributed by atoms with Gasteiger partial charge in [-0.3, -0.25) is 5.10 Å². The van der Waals surface area contributed by atoms with Gasteiger partial charge >= 0.3 is 0 Å². The average molecular weight is 206 g/mol. The summed E-state index contributed by atoms with van der Waals surface area (Å²) in [6, 6.07) is 1.66. The molecule has 0 fully saturated rings. The van der Waals surface area contributed by atoms with E-state index in [4.69, 9.17) is 10.5 Å². The van der Waals surface area contributed by atoms with Gasteiger partial charge < -0.3 is 10.5 Å². The Labute approximate surface area is 85.7 Å². The van der Waals surface area contributed by atoms with Crippen molar-refractivity contribution in [3.8, 4) is 17.4 Å². The number of aromatic amines is 1. The summed E-state index contributed by atoms with van der Waals surface area (Å²) >= 11 is 0. The van der Waals surface area contributed by atoms with Gasteiger partial charge in [0.1, 0.15) is 17.8 Å². The van der Waals surface area contributed by atoms with Crippen molar-refractivity contribution in [2.45, 2.75) is 6.54 Å². The van der Waals surface area contributed by atoms with E-state index in [1.807, 2.05) is 0 Å². The summed E-state index contributed by atoms with van der Waals surface area (Å²) in [4.78, 5) is 12.1. The third-order valence-electron chi connectivity index (χ3n) is 1.81. The fraction of sp³-hybridized carbons (Fsp3) is 0.250. The van der Waals surface area contributed by atoms with Gasteiger partial charge in [-0.15, -0.1) is 0 Å². The Kier molecular flexibility index (Phi) is 2.55. The van der Waals surface area contributed by atoms with Crippen molar-refractivity contribution in [2.24, 2.45) is 5.73 Å². The number of nitrogens with one attached hydrogen (secondary N) is 1. The molecule has 0 unspecified atom stereocenters. The van der Waals surface area contributed by atoms with Gasteiger partial charge in [-0.2, -0.15) is 5.10 Å². The Hall–Kier alpha value is -2.02. The minimum Gasteiger partial charge on any atom is -0.481 e. The molecule has 0 aliphatic rings. The summed E-state index contributed by atoms with van der Waals surface area (Å²) < 4.78 is 4.97. The van der Waals surface area contributed by atoms with Crippen LogP contribution in [-0.2, 0) is 6.54 Å². The molecule has 2 heterocycles. The zero-order valence-electron chi connectivity index (χ0n) is 8.14. The molecule has 0 aliphatic heterocycles. The predicted molar refractivity (Wildman–Crippen MR) is 51.9 cm³/mol. The van der Waals surface area contributed by atoms with Crippen molar-refractivity contribution in [1.29, 1.82) is 0 Å². The fourth-order valence-corrected chi connectivity index (χ4v) is 1.07. The molecule has 3 N–H and O–H groups in total. The van der Waals surface area contributed by atoms with Gasteiger partial charge in [-0.25, -0.2) is 15.0 Å². The molecule has 0 aliphatic carbocycles. The minimum atomic E-state index is 0.315. The van der Waals surface area contributed by atoms with Gasteiger partial charge in [-0.05, 0) is 0 Å². The number of methoxy groups -OCH3 is 1. The second-order valence-corrected chi connectivity index (χ2v) is 2.76. The van der Waals surface area contributed by atoms with Crippen LogP contribution in [0.5, 0.6) is 5.88 Å². The fourth-order valence-electron chi connectivity index (χ4n) is 1.07. The van der Waals surface area contributed by atoms with Crippen LogP contribution in [0, 0.1) is 0 Å². The standard InChI is InChI=1S/C8H10N6O/c1-15-7-2-5(10-4-11-7)8-12-6(3-9)13-14-8/h2,4H,3,9H2,1H3,(H,12,13,14). The number of ether oxygens (including phenoxy) is 1. The molecule has 0 aromatic carbocycles. The zero-order valence-corrected chi connectivity index (χ0v) is 8.14. The number of hydrogen-bond donors (Lipinski definition) is 2. The van der Waals surface area contributed by atoms with E-state index in [1.54, 1.807) is 6.07 Å². The smallest absolute Gasteiger partial charge is 0.216 e. The lowest BCUT2D eigenvalue weighted by molar-refractivity contribution is 0.397. The quantitative estimate of drug-likeness (QED) is 0.716. The van der Waals surface area contributed by atoms with Gasteiger partial charge in [0.2, 0.25) is 5.88 Å². The average Bonchev–Trinajstić information content (AvgIpc) is 2.78. The molecular formula is C8H10N6O. The van der Waals surface area contributed by atoms with Crippen molar-refractivity contribution < 1.29 is 4.74 Å². The topological polar surface area (TPSA) is 103 Å². The highest BCUT2D eigenvalue weighted by Gasteiger charge is 2.07. The normalized spacial score (nSPS) is 10.3. The Morgan fingerprint density at radius 3 is 3.00 bits per heavy atom. The van der Waals surface area contributed by atoms with Crippen molar-refractivity contribution in [3.63, 3.8) is 0 Å². The molecule has 0 saturated heterocycles. The third-order valence-corrected chi connectivity index (χ3v) is 1.81. The van der Waals surface area contributed by atoms with E-state index in [0.29, 0.717) is 29.8 Å². The van der Waals surface area contributed by atoms with E-state index < -0.39 is 0 Å². The second-order valence-electron chi connectivity index (χ2n) is 2.76. The molecule has 15 heavy (non-hydrogen) atoms. The van der Waals surface area contributed by atoms with Crippen LogP contribution in [0.4, 0.5) is 0 Å². The number of hydrogen-bond acceptors (Lipinski definition) is 6. The largest absolute Gasteiger partial charge is 0.481 e. The summed E-state index contributed by atoms with van der Waals surface area (Å²) in [5.41, 5.74) is 6.00. The minimum absolute atomic E-state index is 0.315. The molecule has 78 valence electrons. The number of nitrogens with zero attached hydrogens (tertiary/aromatic N) is 4. The van der Waals surface area contributed by atoms with E-state index in [9.17, 15) is 0 Å². The molecular weight excluding hydrogens is 196 g/mol. The molecule has 0 amide bonds. The van der Waals surface area contributed by atoms with E-state index in [2.05, 4.69) is 25.1 Å². The van der Waals surface area contributed by atoms with Gasteiger partial charge in [0.25, 0.3) is 0 Å². The highest BCUT2D eigenvalue weighted by atomic mass is 16.5. The van der Waals surface area contributed by atoms with Crippen LogP contribution in [0.1, 0.15) is 5.82 Å². The molecule has 7 nitrogen and oxygen atoms in total. The van der Waals surface area contributed by atoms with Crippen LogP contribution >= 0.6 is 0 Å². The Morgan fingerprint density at radius 1 is 1.47 bits per heavy atom. The summed E-state index contributed by atoms with van der Waals surface area (Å²) in [7, 11) is 1.54. The lowest BCUT2D eigenvalue weighted by atomic mass is 10.4. The highest BCUT2D eigenvalue weighted by Crippen LogP contribution is 2.14. The zero-order chi connectivity index (χ0) is 10.7.